The highest BCUT2D eigenvalue weighted by atomic mass is 16.6. The third-order valence-electron chi connectivity index (χ3n) is 1.04. The monoisotopic (exact) mass is 162 g/mol. The zero-order valence-corrected chi connectivity index (χ0v) is 6.79. The summed E-state index contributed by atoms with van der Waals surface area (Å²) in [6.07, 6.45) is 0. The molecule has 1 unspecified atom stereocenters. The Morgan fingerprint density at radius 2 is 2.36 bits per heavy atom. The Bertz CT molecular complexity index is 118. The molecule has 0 heterocycles. The van der Waals surface area contributed by atoms with Crippen molar-refractivity contribution in [2.45, 2.75) is 13.0 Å². The van der Waals surface area contributed by atoms with Gasteiger partial charge in [0.05, 0.1) is 6.61 Å². The molecule has 0 aliphatic carbocycles. The van der Waals surface area contributed by atoms with Gasteiger partial charge in [-0.3, -0.25) is 9.63 Å². The maximum Gasteiger partial charge on any atom is 0.248 e. The van der Waals surface area contributed by atoms with Crippen molar-refractivity contribution in [1.82, 2.24) is 5.32 Å². The van der Waals surface area contributed by atoms with Gasteiger partial charge >= 0.3 is 0 Å². The molecule has 0 aromatic heterocycles. The largest absolute Gasteiger partial charge is 0.383 e. The van der Waals surface area contributed by atoms with Crippen LogP contribution in [0.2, 0.25) is 0 Å². The summed E-state index contributed by atoms with van der Waals surface area (Å²) in [6.45, 7) is 2.20. The molecule has 0 spiro atoms. The first kappa shape index (κ1) is 10.3. The first-order chi connectivity index (χ1) is 5.20. The van der Waals surface area contributed by atoms with Crippen LogP contribution >= 0.6 is 0 Å². The molecule has 0 aromatic carbocycles. The minimum absolute atomic E-state index is 0.0114. The zero-order chi connectivity index (χ0) is 8.69. The number of ether oxygens (including phenoxy) is 1. The number of hydrogen-bond acceptors (Lipinski definition) is 4. The summed E-state index contributed by atoms with van der Waals surface area (Å²) in [5.41, 5.74) is 0. The molecule has 0 saturated heterocycles. The van der Waals surface area contributed by atoms with Gasteiger partial charge in [0.25, 0.3) is 0 Å². The lowest BCUT2D eigenvalue weighted by atomic mass is 10.3. The number of rotatable bonds is 5. The van der Waals surface area contributed by atoms with Crippen molar-refractivity contribution in [1.29, 1.82) is 0 Å². The Balaban J connectivity index is 3.40. The van der Waals surface area contributed by atoms with Crippen molar-refractivity contribution in [2.75, 3.05) is 20.3 Å². The molecule has 0 rings (SSSR count). The van der Waals surface area contributed by atoms with Gasteiger partial charge in [-0.1, -0.05) is 0 Å². The van der Waals surface area contributed by atoms with Gasteiger partial charge in [-0.2, -0.15) is 0 Å². The summed E-state index contributed by atoms with van der Waals surface area (Å²) in [5.74, 6) is 4.45. The van der Waals surface area contributed by atoms with Crippen LogP contribution in [0.15, 0.2) is 0 Å². The Morgan fingerprint density at radius 1 is 1.73 bits per heavy atom. The number of amides is 1. The maximum absolute atomic E-state index is 10.8. The second kappa shape index (κ2) is 6.09. The van der Waals surface area contributed by atoms with Crippen molar-refractivity contribution in [3.05, 3.63) is 0 Å². The van der Waals surface area contributed by atoms with E-state index in [4.69, 9.17) is 4.74 Å². The molecule has 0 aliphatic heterocycles. The quantitative estimate of drug-likeness (QED) is 0.510. The predicted molar refractivity (Wildman–Crippen MR) is 39.6 cm³/mol. The van der Waals surface area contributed by atoms with E-state index >= 15 is 0 Å². The standard InChI is InChI=1S/C6H14N2O3/c1-5(3-10-2)8-6(9)4-11-7/h5H,3-4,7H2,1-2H3,(H,8,9). The van der Waals surface area contributed by atoms with E-state index in [-0.39, 0.29) is 18.6 Å². The van der Waals surface area contributed by atoms with E-state index in [0.29, 0.717) is 6.61 Å². The summed E-state index contributed by atoms with van der Waals surface area (Å²) in [5, 5.41) is 2.61. The molecule has 0 bridgehead atoms. The van der Waals surface area contributed by atoms with Gasteiger partial charge in [-0.15, -0.1) is 0 Å². The Kier molecular flexibility index (Phi) is 5.73. The van der Waals surface area contributed by atoms with Crippen LogP contribution in [0.25, 0.3) is 0 Å². The van der Waals surface area contributed by atoms with Gasteiger partial charge in [-0.25, -0.2) is 5.90 Å². The number of hydrogen-bond donors (Lipinski definition) is 2. The normalized spacial score (nSPS) is 12.6. The van der Waals surface area contributed by atoms with Gasteiger partial charge in [0, 0.05) is 13.2 Å². The van der Waals surface area contributed by atoms with Crippen molar-refractivity contribution in [3.63, 3.8) is 0 Å². The Labute approximate surface area is 65.8 Å². The lowest BCUT2D eigenvalue weighted by molar-refractivity contribution is -0.126. The summed E-state index contributed by atoms with van der Waals surface area (Å²) < 4.78 is 4.80. The van der Waals surface area contributed by atoms with Crippen LogP contribution < -0.4 is 11.2 Å². The molecule has 1 atom stereocenters. The minimum atomic E-state index is -0.239. The zero-order valence-electron chi connectivity index (χ0n) is 6.79. The molecule has 66 valence electrons. The van der Waals surface area contributed by atoms with E-state index in [1.807, 2.05) is 6.92 Å². The third-order valence-corrected chi connectivity index (χ3v) is 1.04. The summed E-state index contributed by atoms with van der Waals surface area (Å²) in [6, 6.07) is -0.0114. The minimum Gasteiger partial charge on any atom is -0.383 e. The van der Waals surface area contributed by atoms with E-state index in [1.165, 1.54) is 0 Å². The first-order valence-electron chi connectivity index (χ1n) is 3.30. The average Bonchev–Trinajstić information content (AvgIpc) is 1.87. The molecule has 0 aliphatic rings. The Hall–Kier alpha value is -0.650. The Morgan fingerprint density at radius 3 is 2.82 bits per heavy atom. The molecule has 0 radical (unpaired) electrons. The number of nitrogens with one attached hydrogen (secondary N) is 1. The molecule has 5 heteroatoms. The van der Waals surface area contributed by atoms with E-state index in [1.54, 1.807) is 7.11 Å². The number of carbonyl (C=O) groups excluding carboxylic acids is 1. The lowest BCUT2D eigenvalue weighted by Gasteiger charge is -2.11. The second-order valence-electron chi connectivity index (χ2n) is 2.23. The number of methoxy groups -OCH3 is 1. The summed E-state index contributed by atoms with van der Waals surface area (Å²) in [4.78, 5) is 14.9. The fourth-order valence-electron chi connectivity index (χ4n) is 0.684. The van der Waals surface area contributed by atoms with E-state index in [9.17, 15) is 4.79 Å². The SMILES string of the molecule is COCC(C)NC(=O)CON. The smallest absolute Gasteiger partial charge is 0.248 e. The van der Waals surface area contributed by atoms with Crippen LogP contribution in [-0.4, -0.2) is 32.3 Å². The highest BCUT2D eigenvalue weighted by molar-refractivity contribution is 5.77. The molecule has 0 aromatic rings. The highest BCUT2D eigenvalue weighted by Crippen LogP contribution is 1.81. The average molecular weight is 162 g/mol. The van der Waals surface area contributed by atoms with Gasteiger partial charge < -0.3 is 10.1 Å². The second-order valence-corrected chi connectivity index (χ2v) is 2.23. The topological polar surface area (TPSA) is 73.6 Å². The first-order valence-corrected chi connectivity index (χ1v) is 3.30. The van der Waals surface area contributed by atoms with Crippen molar-refractivity contribution in [2.24, 2.45) is 5.90 Å². The van der Waals surface area contributed by atoms with Gasteiger partial charge in [0.1, 0.15) is 6.61 Å². The van der Waals surface area contributed by atoms with E-state index < -0.39 is 0 Å². The molecule has 3 N–H and O–H groups in total. The molecule has 11 heavy (non-hydrogen) atoms. The highest BCUT2D eigenvalue weighted by Gasteiger charge is 2.05. The summed E-state index contributed by atoms with van der Waals surface area (Å²) in [7, 11) is 1.57. The fraction of sp³-hybridized carbons (Fsp3) is 0.833. The summed E-state index contributed by atoms with van der Waals surface area (Å²) >= 11 is 0. The predicted octanol–water partition coefficient (Wildman–Crippen LogP) is -0.972. The van der Waals surface area contributed by atoms with Crippen molar-refractivity contribution < 1.29 is 14.4 Å². The van der Waals surface area contributed by atoms with Crippen LogP contribution in [0.1, 0.15) is 6.92 Å². The molecule has 0 saturated carbocycles. The molecule has 5 nitrogen and oxygen atoms in total. The number of nitrogens with two attached hydrogens (primary N) is 1. The van der Waals surface area contributed by atoms with Crippen LogP contribution in [0.3, 0.4) is 0 Å². The molecular formula is C6H14N2O3. The van der Waals surface area contributed by atoms with Gasteiger partial charge in [0.15, 0.2) is 0 Å². The van der Waals surface area contributed by atoms with Crippen LogP contribution in [-0.2, 0) is 14.4 Å². The fourth-order valence-corrected chi connectivity index (χ4v) is 0.684. The van der Waals surface area contributed by atoms with Crippen molar-refractivity contribution in [3.8, 4) is 0 Å². The number of carbonyl (C=O) groups is 1. The van der Waals surface area contributed by atoms with Crippen LogP contribution in [0, 0.1) is 0 Å². The molecule has 0 fully saturated rings. The van der Waals surface area contributed by atoms with Gasteiger partial charge in [-0.05, 0) is 6.92 Å². The lowest BCUT2D eigenvalue weighted by Crippen LogP contribution is -2.38. The maximum atomic E-state index is 10.8. The van der Waals surface area contributed by atoms with E-state index in [0.717, 1.165) is 0 Å². The van der Waals surface area contributed by atoms with Crippen LogP contribution in [0.4, 0.5) is 0 Å². The van der Waals surface area contributed by atoms with Crippen molar-refractivity contribution >= 4 is 5.91 Å². The molecule has 1 amide bonds. The third kappa shape index (κ3) is 5.78. The van der Waals surface area contributed by atoms with Gasteiger partial charge in [0.2, 0.25) is 5.91 Å². The van der Waals surface area contributed by atoms with E-state index in [2.05, 4.69) is 16.1 Å². The van der Waals surface area contributed by atoms with Crippen LogP contribution in [0.5, 0.6) is 0 Å². The molecular weight excluding hydrogens is 148 g/mol.